The standard InChI is InChI=1S/C27H29FN2O4/c1-33-24-7-4-6-23(17-24)30(27(32)19-9-11-21(28)12-10-19)22-13-15-29(16-14-22)18-20-5-3-8-25(34-2)26(20)31/h3-12,17,22,31H,13-16,18H2,1-2H3. The lowest BCUT2D eigenvalue weighted by molar-refractivity contribution is 0.0958. The van der Waals surface area contributed by atoms with E-state index in [-0.39, 0.29) is 23.5 Å². The molecule has 0 bridgehead atoms. The number of carbonyl (C=O) groups is 1. The Labute approximate surface area is 199 Å². The number of aromatic hydroxyl groups is 1. The minimum atomic E-state index is -0.376. The Hall–Kier alpha value is -3.58. The first kappa shape index (κ1) is 23.6. The van der Waals surface area contributed by atoms with Gasteiger partial charge in [-0.3, -0.25) is 9.69 Å². The third kappa shape index (κ3) is 5.15. The van der Waals surface area contributed by atoms with Crippen molar-refractivity contribution < 1.29 is 23.8 Å². The Morgan fingerprint density at radius 3 is 2.41 bits per heavy atom. The van der Waals surface area contributed by atoms with Crippen LogP contribution in [0.1, 0.15) is 28.8 Å². The molecule has 1 amide bonds. The lowest BCUT2D eigenvalue weighted by Crippen LogP contribution is -2.47. The Balaban J connectivity index is 1.53. The van der Waals surface area contributed by atoms with Crippen molar-refractivity contribution in [2.45, 2.75) is 25.4 Å². The number of carbonyl (C=O) groups excluding carboxylic acids is 1. The highest BCUT2D eigenvalue weighted by atomic mass is 19.1. The van der Waals surface area contributed by atoms with E-state index in [9.17, 15) is 14.3 Å². The largest absolute Gasteiger partial charge is 0.504 e. The maximum Gasteiger partial charge on any atom is 0.258 e. The second-order valence-electron chi connectivity index (χ2n) is 8.36. The normalized spacial score (nSPS) is 14.6. The summed E-state index contributed by atoms with van der Waals surface area (Å²) < 4.78 is 24.1. The molecule has 1 N–H and O–H groups in total. The number of likely N-dealkylation sites (tertiary alicyclic amines) is 1. The zero-order valence-corrected chi connectivity index (χ0v) is 19.4. The maximum absolute atomic E-state index is 13.5. The topological polar surface area (TPSA) is 62.2 Å². The van der Waals surface area contributed by atoms with E-state index in [0.717, 1.165) is 37.2 Å². The van der Waals surface area contributed by atoms with Gasteiger partial charge in [0.15, 0.2) is 11.5 Å². The molecule has 4 rings (SSSR count). The number of phenolic OH excluding ortho intramolecular Hbond substituents is 1. The van der Waals surface area contributed by atoms with Crippen LogP contribution in [0, 0.1) is 5.82 Å². The molecule has 7 heteroatoms. The Bertz CT molecular complexity index is 1130. The molecule has 3 aromatic carbocycles. The van der Waals surface area contributed by atoms with E-state index in [1.165, 1.54) is 31.4 Å². The molecule has 1 aliphatic heterocycles. The molecule has 6 nitrogen and oxygen atoms in total. The van der Waals surface area contributed by atoms with E-state index < -0.39 is 0 Å². The van der Waals surface area contributed by atoms with Gasteiger partial charge in [-0.15, -0.1) is 0 Å². The number of methoxy groups -OCH3 is 2. The average Bonchev–Trinajstić information content (AvgIpc) is 2.87. The van der Waals surface area contributed by atoms with Gasteiger partial charge in [0.2, 0.25) is 0 Å². The summed E-state index contributed by atoms with van der Waals surface area (Å²) in [4.78, 5) is 17.6. The van der Waals surface area contributed by atoms with Crippen molar-refractivity contribution in [3.8, 4) is 17.2 Å². The van der Waals surface area contributed by atoms with Gasteiger partial charge in [0, 0.05) is 48.6 Å². The second kappa shape index (κ2) is 10.6. The molecule has 0 radical (unpaired) electrons. The Morgan fingerprint density at radius 2 is 1.74 bits per heavy atom. The van der Waals surface area contributed by atoms with Gasteiger partial charge in [-0.1, -0.05) is 18.2 Å². The molecule has 178 valence electrons. The van der Waals surface area contributed by atoms with E-state index in [2.05, 4.69) is 4.90 Å². The molecule has 1 fully saturated rings. The molecular weight excluding hydrogens is 435 g/mol. The van der Waals surface area contributed by atoms with Gasteiger partial charge in [0.1, 0.15) is 11.6 Å². The van der Waals surface area contributed by atoms with Gasteiger partial charge in [-0.2, -0.15) is 0 Å². The molecule has 34 heavy (non-hydrogen) atoms. The summed E-state index contributed by atoms with van der Waals surface area (Å²) in [6.45, 7) is 2.12. The van der Waals surface area contributed by atoms with E-state index in [4.69, 9.17) is 9.47 Å². The van der Waals surface area contributed by atoms with Crippen molar-refractivity contribution in [2.24, 2.45) is 0 Å². The monoisotopic (exact) mass is 464 g/mol. The molecule has 0 spiro atoms. The predicted octanol–water partition coefficient (Wildman–Crippen LogP) is 4.86. The van der Waals surface area contributed by atoms with Gasteiger partial charge >= 0.3 is 0 Å². The predicted molar refractivity (Wildman–Crippen MR) is 129 cm³/mol. The number of benzene rings is 3. The fourth-order valence-electron chi connectivity index (χ4n) is 4.42. The molecule has 1 aliphatic rings. The summed E-state index contributed by atoms with van der Waals surface area (Å²) in [5.41, 5.74) is 2.00. The van der Waals surface area contributed by atoms with Crippen LogP contribution in [-0.2, 0) is 6.54 Å². The maximum atomic E-state index is 13.5. The minimum absolute atomic E-state index is 0.0279. The molecule has 0 unspecified atom stereocenters. The number of para-hydroxylation sites is 1. The number of hydrogen-bond donors (Lipinski definition) is 1. The molecule has 3 aromatic rings. The zero-order valence-electron chi connectivity index (χ0n) is 19.4. The van der Waals surface area contributed by atoms with Crippen LogP contribution >= 0.6 is 0 Å². The summed E-state index contributed by atoms with van der Waals surface area (Å²) >= 11 is 0. The van der Waals surface area contributed by atoms with Crippen LogP contribution in [0.3, 0.4) is 0 Å². The number of anilines is 1. The first-order valence-corrected chi connectivity index (χ1v) is 11.3. The van der Waals surface area contributed by atoms with Crippen molar-refractivity contribution in [1.29, 1.82) is 0 Å². The van der Waals surface area contributed by atoms with Crippen molar-refractivity contribution in [1.82, 2.24) is 4.90 Å². The van der Waals surface area contributed by atoms with E-state index in [1.54, 1.807) is 18.1 Å². The highest BCUT2D eigenvalue weighted by Crippen LogP contribution is 2.32. The molecule has 0 atom stereocenters. The number of halogens is 1. The molecule has 0 aliphatic carbocycles. The minimum Gasteiger partial charge on any atom is -0.504 e. The molecular formula is C27H29FN2O4. The van der Waals surface area contributed by atoms with Gasteiger partial charge in [0.25, 0.3) is 5.91 Å². The van der Waals surface area contributed by atoms with Crippen molar-refractivity contribution in [3.63, 3.8) is 0 Å². The van der Waals surface area contributed by atoms with Crippen molar-refractivity contribution in [2.75, 3.05) is 32.2 Å². The van der Waals surface area contributed by atoms with Gasteiger partial charge in [-0.25, -0.2) is 4.39 Å². The Kier molecular flexibility index (Phi) is 7.33. The van der Waals surface area contributed by atoms with Crippen LogP contribution in [0.4, 0.5) is 10.1 Å². The summed E-state index contributed by atoms with van der Waals surface area (Å²) in [6.07, 6.45) is 1.52. The smallest absolute Gasteiger partial charge is 0.258 e. The van der Waals surface area contributed by atoms with Crippen LogP contribution in [0.5, 0.6) is 17.2 Å². The average molecular weight is 465 g/mol. The van der Waals surface area contributed by atoms with Crippen molar-refractivity contribution in [3.05, 3.63) is 83.7 Å². The highest BCUT2D eigenvalue weighted by molar-refractivity contribution is 6.06. The third-order valence-electron chi connectivity index (χ3n) is 6.26. The first-order valence-electron chi connectivity index (χ1n) is 11.3. The number of rotatable bonds is 7. The van der Waals surface area contributed by atoms with E-state index in [1.807, 2.05) is 36.4 Å². The number of amides is 1. The number of piperidine rings is 1. The number of hydrogen-bond acceptors (Lipinski definition) is 5. The molecule has 1 heterocycles. The zero-order chi connectivity index (χ0) is 24.1. The van der Waals surface area contributed by atoms with Crippen LogP contribution in [0.25, 0.3) is 0 Å². The van der Waals surface area contributed by atoms with E-state index >= 15 is 0 Å². The summed E-state index contributed by atoms with van der Waals surface area (Å²) in [5.74, 6) is 0.745. The van der Waals surface area contributed by atoms with Crippen LogP contribution in [0.15, 0.2) is 66.7 Å². The summed E-state index contributed by atoms with van der Waals surface area (Å²) in [5, 5.41) is 10.4. The number of nitrogens with zero attached hydrogens (tertiary/aromatic N) is 2. The Morgan fingerprint density at radius 1 is 1.03 bits per heavy atom. The molecule has 1 saturated heterocycles. The number of ether oxygens (including phenoxy) is 2. The van der Waals surface area contributed by atoms with Crippen LogP contribution in [-0.4, -0.2) is 49.3 Å². The number of phenols is 1. The lowest BCUT2D eigenvalue weighted by atomic mass is 10.00. The van der Waals surface area contributed by atoms with Gasteiger partial charge in [0.05, 0.1) is 14.2 Å². The highest BCUT2D eigenvalue weighted by Gasteiger charge is 2.30. The summed E-state index contributed by atoms with van der Waals surface area (Å²) in [7, 11) is 3.13. The van der Waals surface area contributed by atoms with Crippen molar-refractivity contribution >= 4 is 11.6 Å². The first-order chi connectivity index (χ1) is 16.5. The van der Waals surface area contributed by atoms with Gasteiger partial charge < -0.3 is 19.5 Å². The lowest BCUT2D eigenvalue weighted by Gasteiger charge is -2.39. The molecule has 0 saturated carbocycles. The van der Waals surface area contributed by atoms with Crippen LogP contribution < -0.4 is 14.4 Å². The second-order valence-corrected chi connectivity index (χ2v) is 8.36. The quantitative estimate of drug-likeness (QED) is 0.541. The van der Waals surface area contributed by atoms with Crippen LogP contribution in [0.2, 0.25) is 0 Å². The fourth-order valence-corrected chi connectivity index (χ4v) is 4.42. The van der Waals surface area contributed by atoms with Gasteiger partial charge in [-0.05, 0) is 55.3 Å². The fraction of sp³-hybridized carbons (Fsp3) is 0.296. The van der Waals surface area contributed by atoms with E-state index in [0.29, 0.717) is 23.6 Å². The summed E-state index contributed by atoms with van der Waals surface area (Å²) in [6, 6.07) is 18.6. The SMILES string of the molecule is COc1cccc(N(C(=O)c2ccc(F)cc2)C2CCN(Cc3cccc(OC)c3O)CC2)c1. The third-order valence-corrected chi connectivity index (χ3v) is 6.26. The molecule has 0 aromatic heterocycles.